The maximum absolute atomic E-state index is 6.00. The Hall–Kier alpha value is -0.530. The molecule has 1 aromatic carbocycles. The summed E-state index contributed by atoms with van der Waals surface area (Å²) < 4.78 is 0. The van der Waals surface area contributed by atoms with Gasteiger partial charge in [-0.2, -0.15) is 0 Å². The van der Waals surface area contributed by atoms with E-state index in [1.165, 1.54) is 30.4 Å². The molecule has 1 atom stereocenters. The molecule has 1 nitrogen and oxygen atoms in total. The lowest BCUT2D eigenvalue weighted by Crippen LogP contribution is -2.26. The standard InChI is InChI=1S/C12H16ClN/c1-9-8-10(5-6-11(9)13)12-4-2-3-7-14-12/h5-6,8,12,14H,2-4,7H2,1H3/t12-/m0/s1. The fourth-order valence-corrected chi connectivity index (χ4v) is 2.14. The van der Waals surface area contributed by atoms with Gasteiger partial charge in [-0.1, -0.05) is 30.2 Å². The molecule has 0 saturated carbocycles. The molecule has 1 aliphatic heterocycles. The second-order valence-electron chi connectivity index (χ2n) is 4.01. The normalized spacial score (nSPS) is 22.3. The number of rotatable bonds is 1. The van der Waals surface area contributed by atoms with Crippen LogP contribution in [0.4, 0.5) is 0 Å². The average Bonchev–Trinajstić information content (AvgIpc) is 2.23. The highest BCUT2D eigenvalue weighted by Gasteiger charge is 2.14. The summed E-state index contributed by atoms with van der Waals surface area (Å²) in [6, 6.07) is 6.88. The molecule has 0 radical (unpaired) electrons. The van der Waals surface area contributed by atoms with Gasteiger partial charge in [-0.05, 0) is 43.5 Å². The van der Waals surface area contributed by atoms with E-state index in [0.29, 0.717) is 6.04 Å². The van der Waals surface area contributed by atoms with Crippen LogP contribution in [0.3, 0.4) is 0 Å². The Morgan fingerprint density at radius 1 is 1.36 bits per heavy atom. The zero-order valence-corrected chi connectivity index (χ0v) is 9.27. The van der Waals surface area contributed by atoms with Crippen LogP contribution in [-0.4, -0.2) is 6.54 Å². The molecule has 1 N–H and O–H groups in total. The first-order valence-electron chi connectivity index (χ1n) is 5.27. The van der Waals surface area contributed by atoms with Crippen molar-refractivity contribution in [2.24, 2.45) is 0 Å². The summed E-state index contributed by atoms with van der Waals surface area (Å²) in [6.45, 7) is 3.21. The number of aryl methyl sites for hydroxylation is 1. The zero-order chi connectivity index (χ0) is 9.97. The minimum atomic E-state index is 0.541. The van der Waals surface area contributed by atoms with Crippen molar-refractivity contribution in [1.29, 1.82) is 0 Å². The van der Waals surface area contributed by atoms with E-state index in [1.807, 2.05) is 6.07 Å². The number of piperidine rings is 1. The third-order valence-electron chi connectivity index (χ3n) is 2.89. The molecule has 1 heterocycles. The first-order chi connectivity index (χ1) is 6.77. The SMILES string of the molecule is Cc1cc([C@@H]2CCCCN2)ccc1Cl. The van der Waals surface area contributed by atoms with Gasteiger partial charge in [-0.25, -0.2) is 0 Å². The van der Waals surface area contributed by atoms with Crippen LogP contribution in [-0.2, 0) is 0 Å². The van der Waals surface area contributed by atoms with E-state index in [9.17, 15) is 0 Å². The van der Waals surface area contributed by atoms with E-state index in [-0.39, 0.29) is 0 Å². The Balaban J connectivity index is 2.18. The van der Waals surface area contributed by atoms with Gasteiger partial charge in [0, 0.05) is 11.1 Å². The molecule has 0 unspecified atom stereocenters. The number of benzene rings is 1. The largest absolute Gasteiger partial charge is 0.310 e. The fourth-order valence-electron chi connectivity index (χ4n) is 2.02. The van der Waals surface area contributed by atoms with Crippen molar-refractivity contribution in [3.63, 3.8) is 0 Å². The molecule has 0 spiro atoms. The third-order valence-corrected chi connectivity index (χ3v) is 3.32. The average molecular weight is 210 g/mol. The van der Waals surface area contributed by atoms with Crippen LogP contribution in [0.2, 0.25) is 5.02 Å². The van der Waals surface area contributed by atoms with Crippen LogP contribution in [0.25, 0.3) is 0 Å². The molecule has 14 heavy (non-hydrogen) atoms. The van der Waals surface area contributed by atoms with Gasteiger partial charge in [-0.3, -0.25) is 0 Å². The first-order valence-corrected chi connectivity index (χ1v) is 5.64. The highest BCUT2D eigenvalue weighted by molar-refractivity contribution is 6.31. The van der Waals surface area contributed by atoms with Crippen LogP contribution in [0.15, 0.2) is 18.2 Å². The molecule has 2 rings (SSSR count). The van der Waals surface area contributed by atoms with Crippen molar-refractivity contribution in [3.05, 3.63) is 34.3 Å². The summed E-state index contributed by atoms with van der Waals surface area (Å²) in [7, 11) is 0. The van der Waals surface area contributed by atoms with Gasteiger partial charge in [0.2, 0.25) is 0 Å². The van der Waals surface area contributed by atoms with Crippen LogP contribution in [0.1, 0.15) is 36.4 Å². The summed E-state index contributed by atoms with van der Waals surface area (Å²) in [5.74, 6) is 0. The van der Waals surface area contributed by atoms with Gasteiger partial charge in [0.05, 0.1) is 0 Å². The van der Waals surface area contributed by atoms with E-state index < -0.39 is 0 Å². The van der Waals surface area contributed by atoms with Gasteiger partial charge in [-0.15, -0.1) is 0 Å². The smallest absolute Gasteiger partial charge is 0.0435 e. The van der Waals surface area contributed by atoms with Crippen LogP contribution >= 0.6 is 11.6 Å². The molecule has 1 saturated heterocycles. The fraction of sp³-hybridized carbons (Fsp3) is 0.500. The van der Waals surface area contributed by atoms with Crippen molar-refractivity contribution >= 4 is 11.6 Å². The Kier molecular flexibility index (Phi) is 3.09. The monoisotopic (exact) mass is 209 g/mol. The summed E-state index contributed by atoms with van der Waals surface area (Å²) in [5, 5.41) is 4.40. The predicted octanol–water partition coefficient (Wildman–Crippen LogP) is 3.46. The molecule has 0 bridgehead atoms. The molecule has 0 aromatic heterocycles. The first kappa shape index (κ1) is 10.0. The Morgan fingerprint density at radius 2 is 2.21 bits per heavy atom. The van der Waals surface area contributed by atoms with Crippen LogP contribution in [0.5, 0.6) is 0 Å². The van der Waals surface area contributed by atoms with E-state index in [2.05, 4.69) is 24.4 Å². The maximum atomic E-state index is 6.00. The number of hydrogen-bond acceptors (Lipinski definition) is 1. The zero-order valence-electron chi connectivity index (χ0n) is 8.52. The third kappa shape index (κ3) is 2.10. The molecule has 0 amide bonds. The molecule has 2 heteroatoms. The number of halogens is 1. The van der Waals surface area contributed by atoms with Gasteiger partial charge in [0.15, 0.2) is 0 Å². The summed E-state index contributed by atoms with van der Waals surface area (Å²) in [6.07, 6.45) is 3.89. The summed E-state index contributed by atoms with van der Waals surface area (Å²) >= 11 is 6.00. The van der Waals surface area contributed by atoms with Gasteiger partial charge >= 0.3 is 0 Å². The molecular formula is C12H16ClN. The topological polar surface area (TPSA) is 12.0 Å². The Bertz CT molecular complexity index is 316. The molecule has 1 aromatic rings. The molecular weight excluding hydrogens is 194 g/mol. The lowest BCUT2D eigenvalue weighted by Gasteiger charge is -2.24. The highest BCUT2D eigenvalue weighted by atomic mass is 35.5. The van der Waals surface area contributed by atoms with Crippen molar-refractivity contribution in [2.75, 3.05) is 6.54 Å². The highest BCUT2D eigenvalue weighted by Crippen LogP contribution is 2.26. The van der Waals surface area contributed by atoms with Gasteiger partial charge < -0.3 is 5.32 Å². The maximum Gasteiger partial charge on any atom is 0.0435 e. The Morgan fingerprint density at radius 3 is 2.86 bits per heavy atom. The minimum absolute atomic E-state index is 0.541. The number of nitrogens with one attached hydrogen (secondary N) is 1. The van der Waals surface area contributed by atoms with Gasteiger partial charge in [0.1, 0.15) is 0 Å². The molecule has 0 aliphatic carbocycles. The predicted molar refractivity (Wildman–Crippen MR) is 60.8 cm³/mol. The summed E-state index contributed by atoms with van der Waals surface area (Å²) in [5.41, 5.74) is 2.56. The molecule has 76 valence electrons. The van der Waals surface area contributed by atoms with E-state index in [1.54, 1.807) is 0 Å². The van der Waals surface area contributed by atoms with E-state index >= 15 is 0 Å². The summed E-state index contributed by atoms with van der Waals surface area (Å²) in [4.78, 5) is 0. The second kappa shape index (κ2) is 4.33. The van der Waals surface area contributed by atoms with Crippen molar-refractivity contribution in [2.45, 2.75) is 32.2 Å². The number of hydrogen-bond donors (Lipinski definition) is 1. The molecule has 1 fully saturated rings. The minimum Gasteiger partial charge on any atom is -0.310 e. The van der Waals surface area contributed by atoms with Crippen molar-refractivity contribution < 1.29 is 0 Å². The van der Waals surface area contributed by atoms with Crippen molar-refractivity contribution in [1.82, 2.24) is 5.32 Å². The van der Waals surface area contributed by atoms with Crippen molar-refractivity contribution in [3.8, 4) is 0 Å². The van der Waals surface area contributed by atoms with Crippen LogP contribution in [0, 0.1) is 6.92 Å². The van der Waals surface area contributed by atoms with Crippen LogP contribution < -0.4 is 5.32 Å². The van der Waals surface area contributed by atoms with Gasteiger partial charge in [0.25, 0.3) is 0 Å². The van der Waals surface area contributed by atoms with E-state index in [4.69, 9.17) is 11.6 Å². The lowest BCUT2D eigenvalue weighted by atomic mass is 9.96. The molecule has 1 aliphatic rings. The lowest BCUT2D eigenvalue weighted by molar-refractivity contribution is 0.412. The second-order valence-corrected chi connectivity index (χ2v) is 4.42. The Labute approximate surface area is 90.5 Å². The van der Waals surface area contributed by atoms with E-state index in [0.717, 1.165) is 11.6 Å². The quantitative estimate of drug-likeness (QED) is 0.747.